The van der Waals surface area contributed by atoms with Crippen molar-refractivity contribution in [1.82, 2.24) is 5.32 Å². The van der Waals surface area contributed by atoms with E-state index in [0.717, 1.165) is 11.8 Å². The van der Waals surface area contributed by atoms with Crippen LogP contribution in [0.1, 0.15) is 27.2 Å². The van der Waals surface area contributed by atoms with Gasteiger partial charge in [-0.3, -0.25) is 0 Å². The number of halogens is 1. The molecule has 4 unspecified atom stereocenters. The number of hydrogen-bond donors (Lipinski definition) is 1. The van der Waals surface area contributed by atoms with Crippen molar-refractivity contribution in [3.8, 4) is 0 Å². The monoisotopic (exact) mass is 159 g/mol. The number of rotatable bonds is 3. The SMILES string of the molecule is CC(CF)NC1CC(C)C1C. The molecule has 4 atom stereocenters. The van der Waals surface area contributed by atoms with Crippen LogP contribution in [0.15, 0.2) is 0 Å². The number of alkyl halides is 1. The molecule has 0 aromatic rings. The molecule has 0 spiro atoms. The first-order valence-corrected chi connectivity index (χ1v) is 4.47. The van der Waals surface area contributed by atoms with Crippen molar-refractivity contribution in [2.45, 2.75) is 39.3 Å². The molecule has 11 heavy (non-hydrogen) atoms. The Balaban J connectivity index is 2.19. The maximum absolute atomic E-state index is 12.1. The summed E-state index contributed by atoms with van der Waals surface area (Å²) >= 11 is 0. The maximum atomic E-state index is 12.1. The van der Waals surface area contributed by atoms with Gasteiger partial charge in [0, 0.05) is 12.1 Å². The molecule has 0 aliphatic heterocycles. The van der Waals surface area contributed by atoms with Crippen molar-refractivity contribution < 1.29 is 4.39 Å². The van der Waals surface area contributed by atoms with Crippen molar-refractivity contribution in [3.63, 3.8) is 0 Å². The highest BCUT2D eigenvalue weighted by molar-refractivity contribution is 4.90. The highest BCUT2D eigenvalue weighted by Crippen LogP contribution is 2.33. The van der Waals surface area contributed by atoms with Gasteiger partial charge in [0.05, 0.1) is 0 Å². The van der Waals surface area contributed by atoms with Crippen LogP contribution in [-0.2, 0) is 0 Å². The molecule has 1 saturated carbocycles. The second-order valence-corrected chi connectivity index (χ2v) is 3.90. The Morgan fingerprint density at radius 2 is 2.18 bits per heavy atom. The summed E-state index contributed by atoms with van der Waals surface area (Å²) in [6.45, 7) is 6.13. The standard InChI is InChI=1S/C9H18FN/c1-6-4-9(8(6)3)11-7(2)5-10/h6-9,11H,4-5H2,1-3H3. The van der Waals surface area contributed by atoms with E-state index >= 15 is 0 Å². The minimum absolute atomic E-state index is 0.0370. The quantitative estimate of drug-likeness (QED) is 0.664. The summed E-state index contributed by atoms with van der Waals surface area (Å²) < 4.78 is 12.1. The van der Waals surface area contributed by atoms with E-state index in [4.69, 9.17) is 0 Å². The van der Waals surface area contributed by atoms with Crippen LogP contribution in [0, 0.1) is 11.8 Å². The zero-order valence-corrected chi connectivity index (χ0v) is 7.60. The fraction of sp³-hybridized carbons (Fsp3) is 1.00. The van der Waals surface area contributed by atoms with Crippen molar-refractivity contribution in [2.24, 2.45) is 11.8 Å². The summed E-state index contributed by atoms with van der Waals surface area (Å²) in [6, 6.07) is 0.602. The Bertz CT molecular complexity index is 127. The minimum atomic E-state index is -0.252. The van der Waals surface area contributed by atoms with Crippen molar-refractivity contribution in [1.29, 1.82) is 0 Å². The van der Waals surface area contributed by atoms with Crippen LogP contribution in [0.4, 0.5) is 4.39 Å². The van der Waals surface area contributed by atoms with Crippen molar-refractivity contribution in [3.05, 3.63) is 0 Å². The zero-order valence-electron chi connectivity index (χ0n) is 7.60. The molecule has 0 bridgehead atoms. The Kier molecular flexibility index (Phi) is 2.88. The Morgan fingerprint density at radius 3 is 2.55 bits per heavy atom. The molecular weight excluding hydrogens is 141 g/mol. The Hall–Kier alpha value is -0.110. The first kappa shape index (κ1) is 8.98. The lowest BCUT2D eigenvalue weighted by molar-refractivity contribution is 0.123. The van der Waals surface area contributed by atoms with E-state index in [9.17, 15) is 4.39 Å². The molecule has 0 saturated heterocycles. The van der Waals surface area contributed by atoms with Gasteiger partial charge in [-0.1, -0.05) is 13.8 Å². The second kappa shape index (κ2) is 3.53. The van der Waals surface area contributed by atoms with E-state index in [-0.39, 0.29) is 12.7 Å². The van der Waals surface area contributed by atoms with E-state index in [1.54, 1.807) is 0 Å². The van der Waals surface area contributed by atoms with E-state index in [1.165, 1.54) is 6.42 Å². The third kappa shape index (κ3) is 1.92. The predicted molar refractivity (Wildman–Crippen MR) is 45.3 cm³/mol. The molecule has 66 valence electrons. The van der Waals surface area contributed by atoms with Gasteiger partial charge in [0.15, 0.2) is 0 Å². The summed E-state index contributed by atoms with van der Waals surface area (Å²) in [5.41, 5.74) is 0. The molecule has 2 heteroatoms. The topological polar surface area (TPSA) is 12.0 Å². The van der Waals surface area contributed by atoms with Gasteiger partial charge in [-0.25, -0.2) is 4.39 Å². The number of hydrogen-bond acceptors (Lipinski definition) is 1. The summed E-state index contributed by atoms with van der Waals surface area (Å²) in [5, 5.41) is 3.27. The average molecular weight is 159 g/mol. The van der Waals surface area contributed by atoms with E-state index in [2.05, 4.69) is 19.2 Å². The highest BCUT2D eigenvalue weighted by atomic mass is 19.1. The smallest absolute Gasteiger partial charge is 0.104 e. The molecule has 1 N–H and O–H groups in total. The lowest BCUT2D eigenvalue weighted by atomic mass is 9.71. The summed E-state index contributed by atoms with van der Waals surface area (Å²) in [5.74, 6) is 1.54. The molecule has 0 aromatic heterocycles. The molecule has 0 amide bonds. The highest BCUT2D eigenvalue weighted by Gasteiger charge is 2.34. The molecule has 0 heterocycles. The molecule has 1 aliphatic carbocycles. The van der Waals surface area contributed by atoms with E-state index < -0.39 is 0 Å². The Labute approximate surface area is 68.4 Å². The average Bonchev–Trinajstić information content (AvgIpc) is 2.03. The van der Waals surface area contributed by atoms with Crippen LogP contribution < -0.4 is 5.32 Å². The maximum Gasteiger partial charge on any atom is 0.104 e. The van der Waals surface area contributed by atoms with Crippen LogP contribution >= 0.6 is 0 Å². The summed E-state index contributed by atoms with van der Waals surface area (Å²) in [7, 11) is 0. The summed E-state index contributed by atoms with van der Waals surface area (Å²) in [6.07, 6.45) is 1.21. The lowest BCUT2D eigenvalue weighted by Crippen LogP contribution is -2.51. The Morgan fingerprint density at radius 1 is 1.55 bits per heavy atom. The molecule has 1 rings (SSSR count). The van der Waals surface area contributed by atoms with Crippen molar-refractivity contribution >= 4 is 0 Å². The fourth-order valence-corrected chi connectivity index (χ4v) is 1.66. The first-order valence-electron chi connectivity index (χ1n) is 4.47. The largest absolute Gasteiger partial charge is 0.309 e. The van der Waals surface area contributed by atoms with Crippen LogP contribution in [-0.4, -0.2) is 18.8 Å². The van der Waals surface area contributed by atoms with Gasteiger partial charge in [-0.2, -0.15) is 0 Å². The van der Waals surface area contributed by atoms with Gasteiger partial charge >= 0.3 is 0 Å². The second-order valence-electron chi connectivity index (χ2n) is 3.90. The van der Waals surface area contributed by atoms with Gasteiger partial charge in [0.1, 0.15) is 6.67 Å². The number of nitrogens with one attached hydrogen (secondary N) is 1. The van der Waals surface area contributed by atoms with Gasteiger partial charge in [0.2, 0.25) is 0 Å². The van der Waals surface area contributed by atoms with Crippen LogP contribution in [0.25, 0.3) is 0 Å². The third-order valence-corrected chi connectivity index (χ3v) is 2.89. The molecule has 1 aliphatic rings. The molecule has 1 fully saturated rings. The van der Waals surface area contributed by atoms with Crippen LogP contribution in [0.3, 0.4) is 0 Å². The zero-order chi connectivity index (χ0) is 8.43. The molecule has 0 aromatic carbocycles. The van der Waals surface area contributed by atoms with Gasteiger partial charge in [-0.15, -0.1) is 0 Å². The van der Waals surface area contributed by atoms with Crippen molar-refractivity contribution in [2.75, 3.05) is 6.67 Å². The van der Waals surface area contributed by atoms with E-state index in [0.29, 0.717) is 6.04 Å². The first-order chi connectivity index (χ1) is 5.15. The van der Waals surface area contributed by atoms with Gasteiger partial charge in [0.25, 0.3) is 0 Å². The minimum Gasteiger partial charge on any atom is -0.309 e. The van der Waals surface area contributed by atoms with E-state index in [1.807, 2.05) is 6.92 Å². The molecular formula is C9H18FN. The lowest BCUT2D eigenvalue weighted by Gasteiger charge is -2.42. The van der Waals surface area contributed by atoms with Gasteiger partial charge < -0.3 is 5.32 Å². The fourth-order valence-electron chi connectivity index (χ4n) is 1.66. The summed E-state index contributed by atoms with van der Waals surface area (Å²) in [4.78, 5) is 0. The third-order valence-electron chi connectivity index (χ3n) is 2.89. The van der Waals surface area contributed by atoms with Gasteiger partial charge in [-0.05, 0) is 25.2 Å². The molecule has 1 nitrogen and oxygen atoms in total. The van der Waals surface area contributed by atoms with Crippen LogP contribution in [0.2, 0.25) is 0 Å². The molecule has 0 radical (unpaired) electrons. The predicted octanol–water partition coefficient (Wildman–Crippen LogP) is 1.98. The normalized spacial score (nSPS) is 39.8. The van der Waals surface area contributed by atoms with Crippen LogP contribution in [0.5, 0.6) is 0 Å².